The molecular weight excluding hydrogens is 393 g/mol. The molecule has 0 aliphatic carbocycles. The SMILES string of the molecule is O=C(Nc1ccc(C(F)(F)F)cc1)c1cc(=O)n(-c2nc3ccccc3s2)[nH]1. The minimum absolute atomic E-state index is 0.0378. The van der Waals surface area contributed by atoms with Crippen LogP contribution in [-0.2, 0) is 6.18 Å². The summed E-state index contributed by atoms with van der Waals surface area (Å²) in [6, 6.07) is 12.5. The molecular formula is C18H11F3N4O2S. The zero-order chi connectivity index (χ0) is 19.9. The predicted octanol–water partition coefficient (Wildman–Crippen LogP) is 4.05. The van der Waals surface area contributed by atoms with Crippen LogP contribution in [0.2, 0.25) is 0 Å². The molecule has 0 atom stereocenters. The van der Waals surface area contributed by atoms with Gasteiger partial charge in [0.15, 0.2) is 0 Å². The molecule has 0 spiro atoms. The van der Waals surface area contributed by atoms with E-state index in [1.165, 1.54) is 11.3 Å². The van der Waals surface area contributed by atoms with Crippen molar-refractivity contribution in [1.82, 2.24) is 14.8 Å². The molecule has 2 N–H and O–H groups in total. The number of fused-ring (bicyclic) bond motifs is 1. The van der Waals surface area contributed by atoms with E-state index in [0.29, 0.717) is 5.13 Å². The number of halogens is 3. The van der Waals surface area contributed by atoms with Gasteiger partial charge in [0.25, 0.3) is 11.5 Å². The summed E-state index contributed by atoms with van der Waals surface area (Å²) in [5, 5.41) is 5.50. The van der Waals surface area contributed by atoms with Crippen LogP contribution in [0, 0.1) is 0 Å². The van der Waals surface area contributed by atoms with Gasteiger partial charge in [0.05, 0.1) is 15.8 Å². The lowest BCUT2D eigenvalue weighted by molar-refractivity contribution is -0.137. The van der Waals surface area contributed by atoms with Crippen molar-refractivity contribution in [3.63, 3.8) is 0 Å². The smallest absolute Gasteiger partial charge is 0.321 e. The van der Waals surface area contributed by atoms with Gasteiger partial charge in [0.1, 0.15) is 5.69 Å². The minimum Gasteiger partial charge on any atom is -0.321 e. The van der Waals surface area contributed by atoms with Crippen LogP contribution in [0.1, 0.15) is 16.1 Å². The van der Waals surface area contributed by atoms with Crippen molar-refractivity contribution >= 4 is 33.1 Å². The highest BCUT2D eigenvalue weighted by Gasteiger charge is 2.30. The Balaban J connectivity index is 1.57. The molecule has 0 bridgehead atoms. The Morgan fingerprint density at radius 1 is 1.11 bits per heavy atom. The molecule has 0 unspecified atom stereocenters. The molecule has 2 aromatic heterocycles. The predicted molar refractivity (Wildman–Crippen MR) is 99.0 cm³/mol. The van der Waals surface area contributed by atoms with E-state index in [1.807, 2.05) is 24.3 Å². The number of hydrogen-bond acceptors (Lipinski definition) is 4. The number of benzene rings is 2. The summed E-state index contributed by atoms with van der Waals surface area (Å²) in [6.45, 7) is 0. The number of amides is 1. The van der Waals surface area contributed by atoms with Crippen molar-refractivity contribution in [3.05, 3.63) is 76.2 Å². The third-order valence-electron chi connectivity index (χ3n) is 3.91. The van der Waals surface area contributed by atoms with E-state index < -0.39 is 23.2 Å². The average molecular weight is 404 g/mol. The fourth-order valence-corrected chi connectivity index (χ4v) is 3.48. The minimum atomic E-state index is -4.46. The van der Waals surface area contributed by atoms with E-state index in [-0.39, 0.29) is 11.4 Å². The van der Waals surface area contributed by atoms with Crippen LogP contribution in [0.25, 0.3) is 15.3 Å². The molecule has 0 radical (unpaired) electrons. The van der Waals surface area contributed by atoms with Gasteiger partial charge in [-0.25, -0.2) is 4.98 Å². The summed E-state index contributed by atoms with van der Waals surface area (Å²) in [5.41, 5.74) is -0.437. The van der Waals surface area contributed by atoms with Gasteiger partial charge in [-0.3, -0.25) is 14.7 Å². The van der Waals surface area contributed by atoms with E-state index >= 15 is 0 Å². The first-order valence-corrected chi connectivity index (χ1v) is 8.79. The van der Waals surface area contributed by atoms with Gasteiger partial charge in [-0.05, 0) is 36.4 Å². The van der Waals surface area contributed by atoms with Gasteiger partial charge >= 0.3 is 6.18 Å². The summed E-state index contributed by atoms with van der Waals surface area (Å²) in [7, 11) is 0. The first-order chi connectivity index (χ1) is 13.3. The van der Waals surface area contributed by atoms with Gasteiger partial charge in [0, 0.05) is 11.8 Å². The maximum atomic E-state index is 12.6. The number of nitrogens with zero attached hydrogens (tertiary/aromatic N) is 2. The number of rotatable bonds is 3. The first kappa shape index (κ1) is 18.0. The second-order valence-corrected chi connectivity index (χ2v) is 6.85. The Kier molecular flexibility index (Phi) is 4.27. The van der Waals surface area contributed by atoms with E-state index in [1.54, 1.807) is 0 Å². The Bertz CT molecular complexity index is 1190. The molecule has 0 aliphatic rings. The Labute approximate surface area is 159 Å². The van der Waals surface area contributed by atoms with Crippen molar-refractivity contribution in [3.8, 4) is 5.13 Å². The summed E-state index contributed by atoms with van der Waals surface area (Å²) >= 11 is 1.28. The molecule has 28 heavy (non-hydrogen) atoms. The maximum absolute atomic E-state index is 12.6. The quantitative estimate of drug-likeness (QED) is 0.541. The second kappa shape index (κ2) is 6.64. The fraction of sp³-hybridized carbons (Fsp3) is 0.0556. The van der Waals surface area contributed by atoms with Crippen LogP contribution < -0.4 is 10.9 Å². The van der Waals surface area contributed by atoms with Gasteiger partial charge < -0.3 is 5.32 Å². The summed E-state index contributed by atoms with van der Waals surface area (Å²) in [4.78, 5) is 28.9. The topological polar surface area (TPSA) is 79.8 Å². The number of carbonyl (C=O) groups is 1. The van der Waals surface area contributed by atoms with E-state index in [4.69, 9.17) is 0 Å². The number of para-hydroxylation sites is 1. The molecule has 0 saturated heterocycles. The summed E-state index contributed by atoms with van der Waals surface area (Å²) in [5.74, 6) is -0.656. The van der Waals surface area contributed by atoms with Crippen LogP contribution in [0.3, 0.4) is 0 Å². The molecule has 0 fully saturated rings. The number of alkyl halides is 3. The largest absolute Gasteiger partial charge is 0.416 e. The normalized spacial score (nSPS) is 11.7. The molecule has 4 aromatic rings. The Hall–Kier alpha value is -3.40. The van der Waals surface area contributed by atoms with E-state index in [0.717, 1.165) is 45.2 Å². The Morgan fingerprint density at radius 3 is 2.50 bits per heavy atom. The third-order valence-corrected chi connectivity index (χ3v) is 4.93. The molecule has 1 amide bonds. The number of hydrogen-bond donors (Lipinski definition) is 2. The van der Waals surface area contributed by atoms with Crippen molar-refractivity contribution in [2.24, 2.45) is 0 Å². The highest BCUT2D eigenvalue weighted by Crippen LogP contribution is 2.30. The molecule has 2 heterocycles. The van der Waals surface area contributed by atoms with Gasteiger partial charge in [-0.1, -0.05) is 23.5 Å². The number of nitrogens with one attached hydrogen (secondary N) is 2. The molecule has 4 rings (SSSR count). The van der Waals surface area contributed by atoms with E-state index in [9.17, 15) is 22.8 Å². The number of aromatic amines is 1. The van der Waals surface area contributed by atoms with Crippen LogP contribution >= 0.6 is 11.3 Å². The summed E-state index contributed by atoms with van der Waals surface area (Å²) < 4.78 is 39.8. The zero-order valence-electron chi connectivity index (χ0n) is 13.9. The lowest BCUT2D eigenvalue weighted by atomic mass is 10.2. The molecule has 2 aromatic carbocycles. The Morgan fingerprint density at radius 2 is 1.82 bits per heavy atom. The van der Waals surface area contributed by atoms with Crippen LogP contribution in [0.15, 0.2) is 59.4 Å². The highest BCUT2D eigenvalue weighted by atomic mass is 32.1. The average Bonchev–Trinajstić information content (AvgIpc) is 3.24. The first-order valence-electron chi connectivity index (χ1n) is 7.98. The van der Waals surface area contributed by atoms with Crippen molar-refractivity contribution in [2.75, 3.05) is 5.32 Å². The number of anilines is 1. The molecule has 10 heteroatoms. The fourth-order valence-electron chi connectivity index (χ4n) is 2.55. The second-order valence-electron chi connectivity index (χ2n) is 5.84. The van der Waals surface area contributed by atoms with Gasteiger partial charge in [-0.15, -0.1) is 0 Å². The highest BCUT2D eigenvalue weighted by molar-refractivity contribution is 7.20. The lowest BCUT2D eigenvalue weighted by Crippen LogP contribution is -2.14. The van der Waals surface area contributed by atoms with Crippen molar-refractivity contribution < 1.29 is 18.0 Å². The lowest BCUT2D eigenvalue weighted by Gasteiger charge is -2.08. The van der Waals surface area contributed by atoms with Gasteiger partial charge in [-0.2, -0.15) is 17.9 Å². The number of carbonyl (C=O) groups excluding carboxylic acids is 1. The number of H-pyrrole nitrogens is 1. The molecule has 0 aliphatic heterocycles. The number of thiazole rings is 1. The van der Waals surface area contributed by atoms with Crippen molar-refractivity contribution in [1.29, 1.82) is 0 Å². The monoisotopic (exact) mass is 404 g/mol. The van der Waals surface area contributed by atoms with Crippen molar-refractivity contribution in [2.45, 2.75) is 6.18 Å². The summed E-state index contributed by atoms with van der Waals surface area (Å²) in [6.07, 6.45) is -4.46. The number of aromatic nitrogens is 3. The van der Waals surface area contributed by atoms with Crippen LogP contribution in [0.5, 0.6) is 0 Å². The van der Waals surface area contributed by atoms with Crippen LogP contribution in [-0.4, -0.2) is 20.7 Å². The molecule has 142 valence electrons. The maximum Gasteiger partial charge on any atom is 0.416 e. The standard InChI is InChI=1S/C18H11F3N4O2S/c19-18(20,21)10-5-7-11(8-6-10)22-16(27)13-9-15(26)25(24-13)17-23-12-3-1-2-4-14(12)28-17/h1-9,24H,(H,22,27). The third kappa shape index (κ3) is 3.41. The zero-order valence-corrected chi connectivity index (χ0v) is 14.8. The molecule has 6 nitrogen and oxygen atoms in total. The molecule has 0 saturated carbocycles. The van der Waals surface area contributed by atoms with Crippen LogP contribution in [0.4, 0.5) is 18.9 Å². The van der Waals surface area contributed by atoms with Gasteiger partial charge in [0.2, 0.25) is 5.13 Å². The van der Waals surface area contributed by atoms with E-state index in [2.05, 4.69) is 15.4 Å².